The molecule has 5 nitrogen and oxygen atoms in total. The van der Waals surface area contributed by atoms with E-state index in [1.807, 2.05) is 22.5 Å². The van der Waals surface area contributed by atoms with Gasteiger partial charge in [-0.05, 0) is 31.2 Å². The van der Waals surface area contributed by atoms with Crippen LogP contribution in [-0.2, 0) is 11.3 Å². The smallest absolute Gasteiger partial charge is 0.241 e. The van der Waals surface area contributed by atoms with Gasteiger partial charge in [-0.15, -0.1) is 0 Å². The van der Waals surface area contributed by atoms with Crippen LogP contribution in [-0.4, -0.2) is 46.8 Å². The molecule has 2 rings (SSSR count). The molecular formula is C14H24N4OS. The molecule has 1 atom stereocenters. The number of hydrogen-bond donors (Lipinski definition) is 2. The minimum Gasteiger partial charge on any atom is -0.354 e. The van der Waals surface area contributed by atoms with Gasteiger partial charge in [0.1, 0.15) is 6.54 Å². The van der Waals surface area contributed by atoms with Crippen molar-refractivity contribution >= 4 is 17.7 Å². The van der Waals surface area contributed by atoms with Crippen LogP contribution < -0.4 is 10.6 Å². The van der Waals surface area contributed by atoms with Gasteiger partial charge < -0.3 is 10.6 Å². The molecule has 2 N–H and O–H groups in total. The fraction of sp³-hybridized carbons (Fsp3) is 0.714. The van der Waals surface area contributed by atoms with E-state index in [9.17, 15) is 4.79 Å². The molecule has 2 heterocycles. The van der Waals surface area contributed by atoms with Crippen LogP contribution in [0.15, 0.2) is 12.3 Å². The van der Waals surface area contributed by atoms with E-state index in [2.05, 4.69) is 22.7 Å². The number of hydrogen-bond acceptors (Lipinski definition) is 4. The summed E-state index contributed by atoms with van der Waals surface area (Å²) in [5.41, 5.74) is 1.18. The van der Waals surface area contributed by atoms with Gasteiger partial charge in [-0.3, -0.25) is 9.48 Å². The monoisotopic (exact) mass is 296 g/mol. The topological polar surface area (TPSA) is 59.0 Å². The van der Waals surface area contributed by atoms with E-state index in [-0.39, 0.29) is 5.91 Å². The molecule has 112 valence electrons. The number of piperidine rings is 1. The molecule has 0 radical (unpaired) electrons. The van der Waals surface area contributed by atoms with Crippen molar-refractivity contribution in [3.05, 3.63) is 18.0 Å². The second kappa shape index (κ2) is 8.32. The van der Waals surface area contributed by atoms with E-state index < -0.39 is 0 Å². The lowest BCUT2D eigenvalue weighted by Crippen LogP contribution is -2.33. The summed E-state index contributed by atoms with van der Waals surface area (Å²) in [5, 5.41) is 10.7. The lowest BCUT2D eigenvalue weighted by Gasteiger charge is -2.23. The molecule has 0 spiro atoms. The Balaban J connectivity index is 1.83. The Morgan fingerprint density at radius 3 is 3.30 bits per heavy atom. The highest BCUT2D eigenvalue weighted by Crippen LogP contribution is 2.22. The Bertz CT molecular complexity index is 415. The summed E-state index contributed by atoms with van der Waals surface area (Å²) in [6, 6.07) is 2.04. The lowest BCUT2D eigenvalue weighted by molar-refractivity contribution is -0.121. The summed E-state index contributed by atoms with van der Waals surface area (Å²) in [4.78, 5) is 11.9. The highest BCUT2D eigenvalue weighted by molar-refractivity contribution is 7.99. The fourth-order valence-electron chi connectivity index (χ4n) is 2.52. The van der Waals surface area contributed by atoms with Crippen molar-refractivity contribution in [3.8, 4) is 0 Å². The molecule has 0 aromatic carbocycles. The maximum absolute atomic E-state index is 11.9. The maximum atomic E-state index is 11.9. The zero-order valence-corrected chi connectivity index (χ0v) is 12.9. The molecule has 1 amide bonds. The summed E-state index contributed by atoms with van der Waals surface area (Å²) in [6.07, 6.45) is 4.16. The van der Waals surface area contributed by atoms with Crippen molar-refractivity contribution in [1.82, 2.24) is 20.4 Å². The SMILES string of the molecule is CCSCCNC(=O)Cn1nccc1C1CCCNC1. The standard InChI is InChI=1S/C14H24N4OS/c1-2-20-9-8-16-14(19)11-18-13(5-7-17-18)12-4-3-6-15-10-12/h5,7,12,15H,2-4,6,8-11H2,1H3,(H,16,19). The largest absolute Gasteiger partial charge is 0.354 e. The van der Waals surface area contributed by atoms with E-state index in [1.165, 1.54) is 18.5 Å². The third-order valence-corrected chi connectivity index (χ3v) is 4.43. The highest BCUT2D eigenvalue weighted by Gasteiger charge is 2.19. The first-order valence-electron chi connectivity index (χ1n) is 7.38. The number of amides is 1. The lowest BCUT2D eigenvalue weighted by atomic mass is 9.96. The maximum Gasteiger partial charge on any atom is 0.241 e. The zero-order chi connectivity index (χ0) is 14.2. The Labute approximate surface area is 124 Å². The first-order chi connectivity index (χ1) is 9.81. The van der Waals surface area contributed by atoms with E-state index in [1.54, 1.807) is 6.20 Å². The van der Waals surface area contributed by atoms with E-state index in [0.29, 0.717) is 12.5 Å². The third kappa shape index (κ3) is 4.52. The molecule has 6 heteroatoms. The van der Waals surface area contributed by atoms with Gasteiger partial charge in [-0.25, -0.2) is 0 Å². The number of carbonyl (C=O) groups is 1. The van der Waals surface area contributed by atoms with Crippen LogP contribution >= 0.6 is 11.8 Å². The Hall–Kier alpha value is -1.01. The molecule has 1 aliphatic heterocycles. The fourth-order valence-corrected chi connectivity index (χ4v) is 3.06. The molecule has 20 heavy (non-hydrogen) atoms. The van der Waals surface area contributed by atoms with E-state index in [4.69, 9.17) is 0 Å². The van der Waals surface area contributed by atoms with Crippen molar-refractivity contribution in [2.45, 2.75) is 32.2 Å². The number of thioether (sulfide) groups is 1. The number of carbonyl (C=O) groups excluding carboxylic acids is 1. The number of nitrogens with zero attached hydrogens (tertiary/aromatic N) is 2. The van der Waals surface area contributed by atoms with Gasteiger partial charge in [0.15, 0.2) is 0 Å². The molecule has 0 saturated carbocycles. The summed E-state index contributed by atoms with van der Waals surface area (Å²) >= 11 is 1.84. The molecule has 1 aromatic rings. The van der Waals surface area contributed by atoms with Crippen LogP contribution in [0.5, 0.6) is 0 Å². The second-order valence-electron chi connectivity index (χ2n) is 5.00. The molecule has 0 aliphatic carbocycles. The van der Waals surface area contributed by atoms with Gasteiger partial charge in [0, 0.05) is 36.7 Å². The van der Waals surface area contributed by atoms with Crippen LogP contribution in [0, 0.1) is 0 Å². The van der Waals surface area contributed by atoms with Crippen molar-refractivity contribution in [3.63, 3.8) is 0 Å². The van der Waals surface area contributed by atoms with Crippen molar-refractivity contribution in [2.24, 2.45) is 0 Å². The van der Waals surface area contributed by atoms with Crippen molar-refractivity contribution in [1.29, 1.82) is 0 Å². The molecule has 1 aromatic heterocycles. The minimum atomic E-state index is 0.0513. The van der Waals surface area contributed by atoms with Gasteiger partial charge >= 0.3 is 0 Å². The Morgan fingerprint density at radius 2 is 2.55 bits per heavy atom. The third-order valence-electron chi connectivity index (χ3n) is 3.53. The Morgan fingerprint density at radius 1 is 1.65 bits per heavy atom. The quantitative estimate of drug-likeness (QED) is 0.743. The first kappa shape index (κ1) is 15.4. The normalized spacial score (nSPS) is 18.9. The number of nitrogens with one attached hydrogen (secondary N) is 2. The number of aromatic nitrogens is 2. The predicted octanol–water partition coefficient (Wildman–Crippen LogP) is 1.22. The van der Waals surface area contributed by atoms with Gasteiger partial charge in [0.2, 0.25) is 5.91 Å². The summed E-state index contributed by atoms with van der Waals surface area (Å²) in [6.45, 7) is 5.27. The molecule has 1 aliphatic rings. The first-order valence-corrected chi connectivity index (χ1v) is 8.53. The van der Waals surface area contributed by atoms with Crippen molar-refractivity contribution < 1.29 is 4.79 Å². The summed E-state index contributed by atoms with van der Waals surface area (Å²) in [7, 11) is 0. The molecule has 1 fully saturated rings. The van der Waals surface area contributed by atoms with Crippen LogP contribution in [0.3, 0.4) is 0 Å². The summed E-state index contributed by atoms with van der Waals surface area (Å²) in [5.74, 6) is 2.60. The molecule has 1 saturated heterocycles. The van der Waals surface area contributed by atoms with Gasteiger partial charge in [0.25, 0.3) is 0 Å². The predicted molar refractivity (Wildman–Crippen MR) is 83.1 cm³/mol. The minimum absolute atomic E-state index is 0.0513. The van der Waals surface area contributed by atoms with E-state index in [0.717, 1.165) is 31.1 Å². The molecular weight excluding hydrogens is 272 g/mol. The average molecular weight is 296 g/mol. The van der Waals surface area contributed by atoms with Crippen LogP contribution in [0.25, 0.3) is 0 Å². The van der Waals surface area contributed by atoms with Crippen LogP contribution in [0.2, 0.25) is 0 Å². The zero-order valence-electron chi connectivity index (χ0n) is 12.1. The van der Waals surface area contributed by atoms with Crippen LogP contribution in [0.4, 0.5) is 0 Å². The highest BCUT2D eigenvalue weighted by atomic mass is 32.2. The molecule has 1 unspecified atom stereocenters. The van der Waals surface area contributed by atoms with E-state index >= 15 is 0 Å². The van der Waals surface area contributed by atoms with Crippen LogP contribution in [0.1, 0.15) is 31.4 Å². The summed E-state index contributed by atoms with van der Waals surface area (Å²) < 4.78 is 1.85. The van der Waals surface area contributed by atoms with Gasteiger partial charge in [0.05, 0.1) is 0 Å². The average Bonchev–Trinajstić information content (AvgIpc) is 2.92. The van der Waals surface area contributed by atoms with Gasteiger partial charge in [-0.1, -0.05) is 6.92 Å². The van der Waals surface area contributed by atoms with Gasteiger partial charge in [-0.2, -0.15) is 16.9 Å². The molecule has 0 bridgehead atoms. The second-order valence-corrected chi connectivity index (χ2v) is 6.40. The van der Waals surface area contributed by atoms with Crippen molar-refractivity contribution in [2.75, 3.05) is 31.1 Å². The number of rotatable bonds is 7. The Kier molecular flexibility index (Phi) is 6.39.